The van der Waals surface area contributed by atoms with Gasteiger partial charge in [-0.15, -0.1) is 0 Å². The van der Waals surface area contributed by atoms with E-state index in [9.17, 15) is 5.11 Å². The lowest BCUT2D eigenvalue weighted by Crippen LogP contribution is -2.03. The summed E-state index contributed by atoms with van der Waals surface area (Å²) in [6, 6.07) is 0. The minimum Gasteiger partial charge on any atom is -0.393 e. The molecule has 0 aliphatic rings. The summed E-state index contributed by atoms with van der Waals surface area (Å²) in [6.45, 7) is 11.3. The molecule has 0 spiro atoms. The largest absolute Gasteiger partial charge is 0.393 e. The molecule has 0 aromatic heterocycles. The molecule has 0 radical (unpaired) electrons. The van der Waals surface area contributed by atoms with Crippen molar-refractivity contribution in [2.24, 2.45) is 17.8 Å². The summed E-state index contributed by atoms with van der Waals surface area (Å²) in [4.78, 5) is 0. The highest BCUT2D eigenvalue weighted by Gasteiger charge is 2.07. The summed E-state index contributed by atoms with van der Waals surface area (Å²) >= 11 is 0. The van der Waals surface area contributed by atoms with Crippen molar-refractivity contribution >= 4 is 0 Å². The molecule has 0 amide bonds. The molecule has 0 saturated carbocycles. The molecule has 1 heteroatoms. The van der Waals surface area contributed by atoms with Gasteiger partial charge in [-0.3, -0.25) is 0 Å². The maximum absolute atomic E-state index is 9.24. The van der Waals surface area contributed by atoms with E-state index in [0.29, 0.717) is 0 Å². The number of hydrogen-bond donors (Lipinski definition) is 1. The molecule has 0 heterocycles. The van der Waals surface area contributed by atoms with Crippen LogP contribution in [0.4, 0.5) is 0 Å². The first-order valence-electron chi connectivity index (χ1n) is 8.59. The molecule has 1 N–H and O–H groups in total. The molecule has 116 valence electrons. The highest BCUT2D eigenvalue weighted by molar-refractivity contribution is 4.60. The van der Waals surface area contributed by atoms with Gasteiger partial charge in [-0.1, -0.05) is 79.1 Å². The molecule has 19 heavy (non-hydrogen) atoms. The molecular formula is C18H38O. The summed E-state index contributed by atoms with van der Waals surface area (Å²) < 4.78 is 0. The predicted molar refractivity (Wildman–Crippen MR) is 86.4 cm³/mol. The van der Waals surface area contributed by atoms with Gasteiger partial charge in [-0.25, -0.2) is 0 Å². The second kappa shape index (κ2) is 11.8. The minimum atomic E-state index is -0.117. The SMILES string of the molecule is CC(C)CCC[C@@H](C)CCC[C@H](C)CCC[C@@H](C)O. The van der Waals surface area contributed by atoms with Crippen molar-refractivity contribution in [3.05, 3.63) is 0 Å². The zero-order valence-electron chi connectivity index (χ0n) is 14.1. The van der Waals surface area contributed by atoms with E-state index in [1.165, 1.54) is 51.4 Å². The molecule has 1 nitrogen and oxygen atoms in total. The number of aliphatic hydroxyl groups excluding tert-OH is 1. The van der Waals surface area contributed by atoms with E-state index in [-0.39, 0.29) is 6.10 Å². The van der Waals surface area contributed by atoms with Crippen LogP contribution in [-0.2, 0) is 0 Å². The van der Waals surface area contributed by atoms with Crippen molar-refractivity contribution < 1.29 is 5.11 Å². The Kier molecular flexibility index (Phi) is 11.7. The van der Waals surface area contributed by atoms with E-state index < -0.39 is 0 Å². The van der Waals surface area contributed by atoms with Gasteiger partial charge in [0, 0.05) is 0 Å². The maximum Gasteiger partial charge on any atom is 0.0512 e. The van der Waals surface area contributed by atoms with Gasteiger partial charge in [0.2, 0.25) is 0 Å². The van der Waals surface area contributed by atoms with Crippen LogP contribution in [0.2, 0.25) is 0 Å². The summed E-state index contributed by atoms with van der Waals surface area (Å²) in [5.41, 5.74) is 0. The van der Waals surface area contributed by atoms with Crippen molar-refractivity contribution in [1.29, 1.82) is 0 Å². The number of hydrogen-bond acceptors (Lipinski definition) is 1. The third-order valence-electron chi connectivity index (χ3n) is 4.19. The van der Waals surface area contributed by atoms with E-state index >= 15 is 0 Å². The minimum absolute atomic E-state index is 0.117. The Hall–Kier alpha value is -0.0400. The fraction of sp³-hybridized carbons (Fsp3) is 1.00. The zero-order valence-corrected chi connectivity index (χ0v) is 14.1. The Morgan fingerprint density at radius 2 is 0.947 bits per heavy atom. The molecule has 0 unspecified atom stereocenters. The Balaban J connectivity index is 3.40. The van der Waals surface area contributed by atoms with Crippen molar-refractivity contribution in [2.75, 3.05) is 0 Å². The Labute approximate surface area is 122 Å². The third-order valence-corrected chi connectivity index (χ3v) is 4.19. The molecule has 0 saturated heterocycles. The first-order chi connectivity index (χ1) is 8.91. The van der Waals surface area contributed by atoms with Crippen LogP contribution in [0.25, 0.3) is 0 Å². The quantitative estimate of drug-likeness (QED) is 0.474. The smallest absolute Gasteiger partial charge is 0.0512 e. The maximum atomic E-state index is 9.24. The van der Waals surface area contributed by atoms with Gasteiger partial charge in [-0.05, 0) is 31.1 Å². The van der Waals surface area contributed by atoms with Crippen LogP contribution in [0, 0.1) is 17.8 Å². The summed E-state index contributed by atoms with van der Waals surface area (Å²) in [5, 5.41) is 9.24. The van der Waals surface area contributed by atoms with E-state index in [1.807, 2.05) is 6.92 Å². The topological polar surface area (TPSA) is 20.2 Å². The summed E-state index contributed by atoms with van der Waals surface area (Å²) in [6.07, 6.45) is 11.7. The number of rotatable bonds is 12. The molecule has 3 atom stereocenters. The molecule has 0 rings (SSSR count). The molecule has 0 aliphatic heterocycles. The van der Waals surface area contributed by atoms with E-state index in [4.69, 9.17) is 0 Å². The summed E-state index contributed by atoms with van der Waals surface area (Å²) in [5.74, 6) is 2.60. The van der Waals surface area contributed by atoms with Crippen LogP contribution in [-0.4, -0.2) is 11.2 Å². The molecule has 0 aromatic carbocycles. The fourth-order valence-electron chi connectivity index (χ4n) is 2.74. The monoisotopic (exact) mass is 270 g/mol. The normalized spacial score (nSPS) is 16.6. The van der Waals surface area contributed by atoms with E-state index in [2.05, 4.69) is 27.7 Å². The van der Waals surface area contributed by atoms with Gasteiger partial charge < -0.3 is 5.11 Å². The standard InChI is InChI=1S/C18H38O/c1-15(2)9-6-10-16(3)11-7-12-17(4)13-8-14-18(5)19/h15-19H,6-14H2,1-5H3/t16-,17+,18-/m1/s1. The predicted octanol–water partition coefficient (Wildman–Crippen LogP) is 5.81. The lowest BCUT2D eigenvalue weighted by atomic mass is 9.92. The lowest BCUT2D eigenvalue weighted by Gasteiger charge is -2.15. The molecule has 0 bridgehead atoms. The van der Waals surface area contributed by atoms with Gasteiger partial charge in [-0.2, -0.15) is 0 Å². The molecule has 0 aromatic rings. The summed E-state index contributed by atoms with van der Waals surface area (Å²) in [7, 11) is 0. The lowest BCUT2D eigenvalue weighted by molar-refractivity contribution is 0.178. The van der Waals surface area contributed by atoms with Crippen LogP contribution in [0.5, 0.6) is 0 Å². The van der Waals surface area contributed by atoms with Gasteiger partial charge in [0.05, 0.1) is 6.10 Å². The number of aliphatic hydroxyl groups is 1. The Morgan fingerprint density at radius 3 is 1.32 bits per heavy atom. The molecule has 0 fully saturated rings. The second-order valence-corrected chi connectivity index (χ2v) is 7.25. The van der Waals surface area contributed by atoms with Crippen LogP contribution in [0.15, 0.2) is 0 Å². The third kappa shape index (κ3) is 14.2. The van der Waals surface area contributed by atoms with Gasteiger partial charge in [0.1, 0.15) is 0 Å². The highest BCUT2D eigenvalue weighted by Crippen LogP contribution is 2.21. The van der Waals surface area contributed by atoms with Gasteiger partial charge in [0.15, 0.2) is 0 Å². The molecular weight excluding hydrogens is 232 g/mol. The van der Waals surface area contributed by atoms with Crippen LogP contribution >= 0.6 is 0 Å². The van der Waals surface area contributed by atoms with Crippen molar-refractivity contribution in [1.82, 2.24) is 0 Å². The Bertz CT molecular complexity index is 166. The Morgan fingerprint density at radius 1 is 0.579 bits per heavy atom. The fourth-order valence-corrected chi connectivity index (χ4v) is 2.74. The van der Waals surface area contributed by atoms with Gasteiger partial charge in [0.25, 0.3) is 0 Å². The second-order valence-electron chi connectivity index (χ2n) is 7.25. The average Bonchev–Trinajstić information content (AvgIpc) is 2.27. The first-order valence-corrected chi connectivity index (χ1v) is 8.59. The van der Waals surface area contributed by atoms with Crippen molar-refractivity contribution in [2.45, 2.75) is 98.5 Å². The van der Waals surface area contributed by atoms with Crippen molar-refractivity contribution in [3.63, 3.8) is 0 Å². The zero-order chi connectivity index (χ0) is 14.7. The average molecular weight is 271 g/mol. The van der Waals surface area contributed by atoms with Gasteiger partial charge >= 0.3 is 0 Å². The first kappa shape index (κ1) is 19.0. The van der Waals surface area contributed by atoms with Crippen molar-refractivity contribution in [3.8, 4) is 0 Å². The van der Waals surface area contributed by atoms with Crippen LogP contribution in [0.3, 0.4) is 0 Å². The van der Waals surface area contributed by atoms with E-state index in [0.717, 1.165) is 24.2 Å². The molecule has 0 aliphatic carbocycles. The highest BCUT2D eigenvalue weighted by atomic mass is 16.3. The van der Waals surface area contributed by atoms with Crippen LogP contribution in [0.1, 0.15) is 92.4 Å². The van der Waals surface area contributed by atoms with E-state index in [1.54, 1.807) is 0 Å². The van der Waals surface area contributed by atoms with Crippen LogP contribution < -0.4 is 0 Å².